The number of rotatable bonds is 36. The minimum Gasteiger partial charge on any atom is -0.462 e. The highest BCUT2D eigenvalue weighted by Crippen LogP contribution is 2.43. The molecule has 0 aromatic rings. The predicted molar refractivity (Wildman–Crippen MR) is 202 cm³/mol. The van der Waals surface area contributed by atoms with Crippen LogP contribution in [0, 0.1) is 0 Å². The van der Waals surface area contributed by atoms with Crippen molar-refractivity contribution in [2.75, 3.05) is 19.8 Å². The molecule has 0 saturated heterocycles. The van der Waals surface area contributed by atoms with E-state index in [2.05, 4.69) is 50.3 Å². The number of phosphoric acid groups is 1. The number of esters is 2. The molecule has 0 heterocycles. The van der Waals surface area contributed by atoms with E-state index >= 15 is 0 Å². The van der Waals surface area contributed by atoms with Gasteiger partial charge in [-0.25, -0.2) is 4.57 Å². The van der Waals surface area contributed by atoms with Crippen LogP contribution in [0.2, 0.25) is 0 Å². The summed E-state index contributed by atoms with van der Waals surface area (Å²) in [6, 6.07) is 0. The second kappa shape index (κ2) is 36.1. The Bertz CT molecular complexity index is 901. The van der Waals surface area contributed by atoms with Gasteiger partial charge in [0.1, 0.15) is 6.61 Å². The Morgan fingerprint density at radius 3 is 1.53 bits per heavy atom. The highest BCUT2D eigenvalue weighted by molar-refractivity contribution is 7.47. The largest absolute Gasteiger partial charge is 0.472 e. The number of carbonyl (C=O) groups excluding carboxylic acids is 2. The minimum absolute atomic E-state index is 0.00288. The van der Waals surface area contributed by atoms with Crippen LogP contribution in [0.15, 0.2) is 36.5 Å². The summed E-state index contributed by atoms with van der Waals surface area (Å²) in [5, 5.41) is 0. The normalized spacial score (nSPS) is 13.8. The van der Waals surface area contributed by atoms with Gasteiger partial charge in [0.25, 0.3) is 0 Å². The monoisotopic (exact) mass is 713 g/mol. The van der Waals surface area contributed by atoms with Gasteiger partial charge in [0, 0.05) is 12.8 Å². The third kappa shape index (κ3) is 35.9. The van der Waals surface area contributed by atoms with Crippen LogP contribution in [-0.4, -0.2) is 42.8 Å². The van der Waals surface area contributed by atoms with E-state index in [1.807, 2.05) is 0 Å². The van der Waals surface area contributed by atoms with Crippen molar-refractivity contribution in [3.8, 4) is 0 Å². The Morgan fingerprint density at radius 1 is 0.551 bits per heavy atom. The molecular formula is C40H73O8P. The van der Waals surface area contributed by atoms with Gasteiger partial charge < -0.3 is 14.4 Å². The maximum Gasteiger partial charge on any atom is 0.472 e. The summed E-state index contributed by atoms with van der Waals surface area (Å²) in [5.74, 6) is -0.819. The van der Waals surface area contributed by atoms with E-state index in [1.165, 1.54) is 64.2 Å². The van der Waals surface area contributed by atoms with Gasteiger partial charge in [-0.3, -0.25) is 18.6 Å². The van der Waals surface area contributed by atoms with Crippen LogP contribution in [0.3, 0.4) is 0 Å². The van der Waals surface area contributed by atoms with Gasteiger partial charge in [-0.1, -0.05) is 134 Å². The van der Waals surface area contributed by atoms with Gasteiger partial charge in [0.2, 0.25) is 0 Å². The third-order valence-corrected chi connectivity index (χ3v) is 9.23. The zero-order valence-electron chi connectivity index (χ0n) is 31.6. The summed E-state index contributed by atoms with van der Waals surface area (Å²) in [6.07, 6.45) is 39.1. The van der Waals surface area contributed by atoms with Gasteiger partial charge in [-0.15, -0.1) is 0 Å². The van der Waals surface area contributed by atoms with Crippen LogP contribution < -0.4 is 0 Å². The summed E-state index contributed by atoms with van der Waals surface area (Å²) >= 11 is 0. The standard InChI is InChI=1S/C40H73O8P/c1-4-7-9-11-13-15-17-18-19-20-21-22-23-25-27-29-31-33-35-40(42)48-38(37-47-49(43,44)46-6-3)36-45-39(41)34-32-30-28-26-24-16-14-12-10-8-5-2/h12,14-15,17,19-20,38H,4-11,13,16,18,21-37H2,1-3H3,(H,43,44)/b14-12-,17-15-,20-19-. The molecule has 0 saturated carbocycles. The highest BCUT2D eigenvalue weighted by atomic mass is 31.2. The molecular weight excluding hydrogens is 639 g/mol. The van der Waals surface area contributed by atoms with Crippen molar-refractivity contribution in [1.29, 1.82) is 0 Å². The van der Waals surface area contributed by atoms with Crippen LogP contribution in [0.1, 0.15) is 181 Å². The molecule has 8 nitrogen and oxygen atoms in total. The maximum absolute atomic E-state index is 12.5. The molecule has 2 unspecified atom stereocenters. The SMILES string of the molecule is CCCC/C=C\CCCCCCCC(=O)OCC(COP(=O)(O)OCC)OC(=O)CCCCCCCCC/C=C\C/C=C\CCCCCC. The van der Waals surface area contributed by atoms with Crippen molar-refractivity contribution in [3.63, 3.8) is 0 Å². The first-order chi connectivity index (χ1) is 23.8. The topological polar surface area (TPSA) is 108 Å². The molecule has 2 atom stereocenters. The van der Waals surface area contributed by atoms with E-state index in [0.717, 1.165) is 77.0 Å². The van der Waals surface area contributed by atoms with Crippen molar-refractivity contribution in [2.24, 2.45) is 0 Å². The second-order valence-electron chi connectivity index (χ2n) is 12.9. The maximum atomic E-state index is 12.5. The van der Waals surface area contributed by atoms with E-state index in [-0.39, 0.29) is 32.0 Å². The zero-order chi connectivity index (χ0) is 36.1. The Labute approximate surface area is 300 Å². The number of allylic oxidation sites excluding steroid dienone is 6. The molecule has 1 N–H and O–H groups in total. The van der Waals surface area contributed by atoms with Gasteiger partial charge >= 0.3 is 19.8 Å². The summed E-state index contributed by atoms with van der Waals surface area (Å²) in [4.78, 5) is 34.6. The van der Waals surface area contributed by atoms with Gasteiger partial charge in [0.15, 0.2) is 6.10 Å². The van der Waals surface area contributed by atoms with Crippen molar-refractivity contribution < 1.29 is 37.6 Å². The summed E-state index contributed by atoms with van der Waals surface area (Å²) < 4.78 is 32.5. The lowest BCUT2D eigenvalue weighted by atomic mass is 10.1. The average molecular weight is 713 g/mol. The first kappa shape index (κ1) is 47.3. The fraction of sp³-hybridized carbons (Fsp3) is 0.800. The molecule has 286 valence electrons. The molecule has 9 heteroatoms. The predicted octanol–water partition coefficient (Wildman–Crippen LogP) is 12.1. The van der Waals surface area contributed by atoms with E-state index in [4.69, 9.17) is 18.5 Å². The lowest BCUT2D eigenvalue weighted by Gasteiger charge is -2.19. The van der Waals surface area contributed by atoms with Crippen LogP contribution >= 0.6 is 7.82 Å². The second-order valence-corrected chi connectivity index (χ2v) is 14.4. The number of ether oxygens (including phenoxy) is 2. The van der Waals surface area contributed by atoms with E-state index < -0.39 is 26.5 Å². The van der Waals surface area contributed by atoms with Crippen LogP contribution in [-0.2, 0) is 32.7 Å². The smallest absolute Gasteiger partial charge is 0.462 e. The van der Waals surface area contributed by atoms with E-state index in [1.54, 1.807) is 6.92 Å². The molecule has 0 aliphatic heterocycles. The molecule has 0 spiro atoms. The minimum atomic E-state index is -4.28. The Hall–Kier alpha value is -1.73. The summed E-state index contributed by atoms with van der Waals surface area (Å²) in [7, 11) is -4.28. The van der Waals surface area contributed by atoms with Crippen molar-refractivity contribution in [2.45, 2.75) is 187 Å². The summed E-state index contributed by atoms with van der Waals surface area (Å²) in [6.45, 7) is 5.39. The lowest BCUT2D eigenvalue weighted by molar-refractivity contribution is -0.161. The molecule has 0 radical (unpaired) electrons. The Balaban J connectivity index is 4.13. The quantitative estimate of drug-likeness (QED) is 0.0296. The van der Waals surface area contributed by atoms with Crippen molar-refractivity contribution >= 4 is 19.8 Å². The van der Waals surface area contributed by atoms with Gasteiger partial charge in [-0.2, -0.15) is 0 Å². The Morgan fingerprint density at radius 2 is 1.00 bits per heavy atom. The number of hydrogen-bond donors (Lipinski definition) is 1. The number of carbonyl (C=O) groups is 2. The molecule has 49 heavy (non-hydrogen) atoms. The number of phosphoric ester groups is 1. The van der Waals surface area contributed by atoms with Crippen LogP contribution in [0.4, 0.5) is 0 Å². The molecule has 0 bridgehead atoms. The average Bonchev–Trinajstić information content (AvgIpc) is 3.07. The van der Waals surface area contributed by atoms with E-state index in [9.17, 15) is 19.0 Å². The van der Waals surface area contributed by atoms with Crippen LogP contribution in [0.5, 0.6) is 0 Å². The molecule has 0 aliphatic carbocycles. The fourth-order valence-electron chi connectivity index (χ4n) is 5.23. The number of unbranched alkanes of at least 4 members (excludes halogenated alkanes) is 18. The fourth-order valence-corrected chi connectivity index (χ4v) is 5.98. The van der Waals surface area contributed by atoms with Crippen LogP contribution in [0.25, 0.3) is 0 Å². The van der Waals surface area contributed by atoms with Crippen molar-refractivity contribution in [3.05, 3.63) is 36.5 Å². The summed E-state index contributed by atoms with van der Waals surface area (Å²) in [5.41, 5.74) is 0. The lowest BCUT2D eigenvalue weighted by Crippen LogP contribution is -2.29. The molecule has 0 fully saturated rings. The van der Waals surface area contributed by atoms with Gasteiger partial charge in [-0.05, 0) is 71.1 Å². The first-order valence-corrected chi connectivity index (χ1v) is 21.3. The molecule has 0 aromatic carbocycles. The number of hydrogen-bond acceptors (Lipinski definition) is 7. The molecule has 0 rings (SSSR count). The highest BCUT2D eigenvalue weighted by Gasteiger charge is 2.25. The Kier molecular flexibility index (Phi) is 34.8. The first-order valence-electron chi connectivity index (χ1n) is 19.8. The van der Waals surface area contributed by atoms with Gasteiger partial charge in [0.05, 0.1) is 13.2 Å². The molecule has 0 aromatic heterocycles. The van der Waals surface area contributed by atoms with Crippen molar-refractivity contribution in [1.82, 2.24) is 0 Å². The zero-order valence-corrected chi connectivity index (χ0v) is 32.5. The molecule has 0 aliphatic rings. The molecule has 0 amide bonds. The van der Waals surface area contributed by atoms with E-state index in [0.29, 0.717) is 6.42 Å². The third-order valence-electron chi connectivity index (χ3n) is 8.17.